The molecule has 0 fully saturated rings. The van der Waals surface area contributed by atoms with Crippen molar-refractivity contribution in [3.8, 4) is 11.1 Å². The van der Waals surface area contributed by atoms with Crippen molar-refractivity contribution in [1.82, 2.24) is 15.0 Å². The van der Waals surface area contributed by atoms with Crippen LogP contribution in [-0.2, 0) is 4.79 Å². The highest BCUT2D eigenvalue weighted by atomic mass is 32.2. The SMILES string of the molecule is Cc1ccc(-c2csc3ncnc(SC(C)C(=O)Nc4nc5ccccc5s4)c23)cc1. The third kappa shape index (κ3) is 4.06. The number of rotatable bonds is 5. The van der Waals surface area contributed by atoms with Crippen LogP contribution in [-0.4, -0.2) is 26.1 Å². The molecular weight excluding hydrogens is 444 g/mol. The normalized spacial score (nSPS) is 12.3. The van der Waals surface area contributed by atoms with Gasteiger partial charge in [0.1, 0.15) is 16.2 Å². The maximum absolute atomic E-state index is 12.9. The molecule has 1 N–H and O–H groups in total. The lowest BCUT2D eigenvalue weighted by Gasteiger charge is -2.11. The Morgan fingerprint density at radius 3 is 2.71 bits per heavy atom. The third-order valence-corrected chi connectivity index (χ3v) is 7.82. The number of aromatic nitrogens is 3. The van der Waals surface area contributed by atoms with Gasteiger partial charge in [0.2, 0.25) is 5.91 Å². The first-order valence-electron chi connectivity index (χ1n) is 9.71. The lowest BCUT2D eigenvalue weighted by atomic mass is 10.1. The van der Waals surface area contributed by atoms with E-state index in [2.05, 4.69) is 56.8 Å². The zero-order chi connectivity index (χ0) is 21.4. The van der Waals surface area contributed by atoms with Crippen LogP contribution in [0.1, 0.15) is 12.5 Å². The van der Waals surface area contributed by atoms with Crippen LogP contribution in [0.3, 0.4) is 0 Å². The highest BCUT2D eigenvalue weighted by Gasteiger charge is 2.21. The lowest BCUT2D eigenvalue weighted by Crippen LogP contribution is -2.22. The Morgan fingerprint density at radius 2 is 1.90 bits per heavy atom. The number of thiazole rings is 1. The molecule has 2 aromatic carbocycles. The topological polar surface area (TPSA) is 67.8 Å². The van der Waals surface area contributed by atoms with Gasteiger partial charge in [0.15, 0.2) is 5.13 Å². The fraction of sp³-hybridized carbons (Fsp3) is 0.130. The van der Waals surface area contributed by atoms with Crippen LogP contribution < -0.4 is 5.32 Å². The maximum atomic E-state index is 12.9. The second-order valence-corrected chi connectivity index (χ2v) is 10.3. The number of carbonyl (C=O) groups excluding carboxylic acids is 1. The highest BCUT2D eigenvalue weighted by molar-refractivity contribution is 8.00. The summed E-state index contributed by atoms with van der Waals surface area (Å²) >= 11 is 4.52. The van der Waals surface area contributed by atoms with Gasteiger partial charge in [-0.15, -0.1) is 11.3 Å². The average Bonchev–Trinajstić information content (AvgIpc) is 3.38. The van der Waals surface area contributed by atoms with Gasteiger partial charge in [0.05, 0.1) is 20.9 Å². The van der Waals surface area contributed by atoms with E-state index < -0.39 is 0 Å². The van der Waals surface area contributed by atoms with Gasteiger partial charge in [-0.1, -0.05) is 65.1 Å². The Bertz CT molecular complexity index is 1360. The number of thiophene rings is 1. The van der Waals surface area contributed by atoms with Gasteiger partial charge in [-0.05, 0) is 31.5 Å². The Morgan fingerprint density at radius 1 is 1.10 bits per heavy atom. The molecule has 154 valence electrons. The van der Waals surface area contributed by atoms with E-state index in [4.69, 9.17) is 0 Å². The second-order valence-electron chi connectivity index (χ2n) is 7.11. The molecule has 3 aromatic heterocycles. The summed E-state index contributed by atoms with van der Waals surface area (Å²) in [6.07, 6.45) is 1.57. The molecule has 0 aliphatic carbocycles. The summed E-state index contributed by atoms with van der Waals surface area (Å²) in [5.74, 6) is -0.0945. The van der Waals surface area contributed by atoms with Crippen molar-refractivity contribution in [1.29, 1.82) is 0 Å². The monoisotopic (exact) mass is 462 g/mol. The van der Waals surface area contributed by atoms with E-state index in [1.807, 2.05) is 31.2 Å². The van der Waals surface area contributed by atoms with Gasteiger partial charge in [-0.2, -0.15) is 0 Å². The van der Waals surface area contributed by atoms with Crippen LogP contribution in [0.15, 0.2) is 65.3 Å². The molecule has 5 nitrogen and oxygen atoms in total. The summed E-state index contributed by atoms with van der Waals surface area (Å²) in [5.41, 5.74) is 4.33. The Balaban J connectivity index is 1.41. The van der Waals surface area contributed by atoms with Crippen molar-refractivity contribution in [2.24, 2.45) is 0 Å². The third-order valence-electron chi connectivity index (χ3n) is 4.88. The van der Waals surface area contributed by atoms with E-state index in [0.717, 1.165) is 36.6 Å². The first-order valence-corrected chi connectivity index (χ1v) is 12.3. The number of anilines is 1. The fourth-order valence-corrected chi connectivity index (χ4v) is 6.02. The van der Waals surface area contributed by atoms with Gasteiger partial charge in [-0.25, -0.2) is 15.0 Å². The molecule has 0 saturated heterocycles. The Kier molecular flexibility index (Phi) is 5.43. The minimum Gasteiger partial charge on any atom is -0.301 e. The Hall–Kier alpha value is -2.81. The van der Waals surface area contributed by atoms with Crippen LogP contribution in [0.4, 0.5) is 5.13 Å². The number of hydrogen-bond acceptors (Lipinski definition) is 7. The van der Waals surface area contributed by atoms with E-state index in [-0.39, 0.29) is 11.2 Å². The maximum Gasteiger partial charge on any atom is 0.239 e. The number of nitrogens with one attached hydrogen (secondary N) is 1. The van der Waals surface area contributed by atoms with Gasteiger partial charge < -0.3 is 5.32 Å². The van der Waals surface area contributed by atoms with Gasteiger partial charge in [0, 0.05) is 10.9 Å². The van der Waals surface area contributed by atoms with E-state index >= 15 is 0 Å². The molecule has 8 heteroatoms. The molecule has 0 aliphatic rings. The van der Waals surface area contributed by atoms with Gasteiger partial charge in [0.25, 0.3) is 0 Å². The van der Waals surface area contributed by atoms with Crippen molar-refractivity contribution in [3.63, 3.8) is 0 Å². The summed E-state index contributed by atoms with van der Waals surface area (Å²) in [5, 5.41) is 7.15. The number of aryl methyl sites for hydroxylation is 1. The molecule has 0 saturated carbocycles. The van der Waals surface area contributed by atoms with Crippen molar-refractivity contribution in [2.45, 2.75) is 24.1 Å². The number of para-hydroxylation sites is 1. The summed E-state index contributed by atoms with van der Waals surface area (Å²) in [4.78, 5) is 27.2. The van der Waals surface area contributed by atoms with Crippen LogP contribution >= 0.6 is 34.4 Å². The predicted molar refractivity (Wildman–Crippen MR) is 131 cm³/mol. The van der Waals surface area contributed by atoms with Crippen LogP contribution in [0.2, 0.25) is 0 Å². The molecule has 1 amide bonds. The highest BCUT2D eigenvalue weighted by Crippen LogP contribution is 2.39. The summed E-state index contributed by atoms with van der Waals surface area (Å²) < 4.78 is 1.05. The molecule has 0 spiro atoms. The number of hydrogen-bond donors (Lipinski definition) is 1. The molecule has 0 aliphatic heterocycles. The molecule has 5 rings (SSSR count). The average molecular weight is 463 g/mol. The van der Waals surface area contributed by atoms with Crippen LogP contribution in [0.5, 0.6) is 0 Å². The minimum atomic E-state index is -0.337. The predicted octanol–water partition coefficient (Wildman–Crippen LogP) is 6.40. The van der Waals surface area contributed by atoms with Crippen LogP contribution in [0, 0.1) is 6.92 Å². The number of fused-ring (bicyclic) bond motifs is 2. The van der Waals surface area contributed by atoms with Gasteiger partial charge in [-0.3, -0.25) is 4.79 Å². The van der Waals surface area contributed by atoms with Crippen molar-refractivity contribution < 1.29 is 4.79 Å². The largest absolute Gasteiger partial charge is 0.301 e. The zero-order valence-corrected chi connectivity index (χ0v) is 19.3. The second kappa shape index (κ2) is 8.37. The molecule has 1 atom stereocenters. The number of amides is 1. The number of benzene rings is 2. The molecule has 3 heterocycles. The molecule has 5 aromatic rings. The van der Waals surface area contributed by atoms with E-state index in [9.17, 15) is 4.79 Å². The quantitative estimate of drug-likeness (QED) is 0.242. The molecular formula is C23H18N4OS3. The zero-order valence-electron chi connectivity index (χ0n) is 16.8. The van der Waals surface area contributed by atoms with Crippen molar-refractivity contribution in [3.05, 3.63) is 65.8 Å². The standard InChI is InChI=1S/C23H18N4OS3/c1-13-7-9-15(10-8-13)16-11-29-21-19(16)22(25-12-24-21)30-14(2)20(28)27-23-26-17-5-3-4-6-18(17)31-23/h3-12,14H,1-2H3,(H,26,27,28). The smallest absolute Gasteiger partial charge is 0.239 e. The molecule has 1 unspecified atom stereocenters. The van der Waals surface area contributed by atoms with Crippen LogP contribution in [0.25, 0.3) is 31.6 Å². The van der Waals surface area contributed by atoms with Crippen molar-refractivity contribution >= 4 is 65.9 Å². The number of carbonyl (C=O) groups is 1. The first-order chi connectivity index (χ1) is 15.1. The lowest BCUT2D eigenvalue weighted by molar-refractivity contribution is -0.115. The molecule has 31 heavy (non-hydrogen) atoms. The first kappa shape index (κ1) is 20.1. The molecule has 0 bridgehead atoms. The Labute approximate surface area is 191 Å². The van der Waals surface area contributed by atoms with E-state index in [0.29, 0.717) is 5.13 Å². The number of nitrogens with zero attached hydrogens (tertiary/aromatic N) is 3. The van der Waals surface area contributed by atoms with E-state index in [1.165, 1.54) is 28.7 Å². The fourth-order valence-electron chi connectivity index (χ4n) is 3.24. The van der Waals surface area contributed by atoms with E-state index in [1.54, 1.807) is 17.7 Å². The minimum absolute atomic E-state index is 0.0945. The summed E-state index contributed by atoms with van der Waals surface area (Å²) in [6.45, 7) is 3.96. The number of thioether (sulfide) groups is 1. The summed E-state index contributed by atoms with van der Waals surface area (Å²) in [6, 6.07) is 16.3. The summed E-state index contributed by atoms with van der Waals surface area (Å²) in [7, 11) is 0. The van der Waals surface area contributed by atoms with Gasteiger partial charge >= 0.3 is 0 Å². The van der Waals surface area contributed by atoms with Crippen molar-refractivity contribution in [2.75, 3.05) is 5.32 Å². The molecule has 0 radical (unpaired) electrons.